The number of nitrogens with zero attached hydrogens (tertiary/aromatic N) is 2. The molecule has 12 heteroatoms. The normalized spacial score (nSPS) is 11.6. The molecule has 0 aliphatic rings. The summed E-state index contributed by atoms with van der Waals surface area (Å²) in [7, 11) is 0. The van der Waals surface area contributed by atoms with E-state index >= 15 is 0 Å². The number of non-ortho nitro benzene ring substituents is 1. The number of alkyl halides is 3. The number of fused-ring (bicyclic) bond motifs is 1. The molecule has 3 aromatic rings. The van der Waals surface area contributed by atoms with Gasteiger partial charge in [-0.1, -0.05) is 6.07 Å². The Bertz CT molecular complexity index is 1200. The van der Waals surface area contributed by atoms with Crippen molar-refractivity contribution in [2.24, 2.45) is 0 Å². The number of aryl methyl sites for hydroxylation is 1. The molecule has 0 aliphatic carbocycles. The van der Waals surface area contributed by atoms with E-state index in [2.05, 4.69) is 5.32 Å². The van der Waals surface area contributed by atoms with E-state index in [9.17, 15) is 37.3 Å². The third kappa shape index (κ3) is 5.08. The predicted octanol–water partition coefficient (Wildman–Crippen LogP) is 3.76. The highest BCUT2D eigenvalue weighted by molar-refractivity contribution is 5.76. The van der Waals surface area contributed by atoms with Crippen molar-refractivity contribution in [3.8, 4) is 0 Å². The quantitative estimate of drug-likeness (QED) is 0.341. The zero-order valence-electron chi connectivity index (χ0n) is 15.7. The van der Waals surface area contributed by atoms with Crippen molar-refractivity contribution in [2.45, 2.75) is 32.1 Å². The van der Waals surface area contributed by atoms with Crippen LogP contribution in [0.1, 0.15) is 24.0 Å². The Morgan fingerprint density at radius 3 is 2.61 bits per heavy atom. The average molecular weight is 441 g/mol. The van der Waals surface area contributed by atoms with Gasteiger partial charge in [-0.15, -0.1) is 0 Å². The fraction of sp³-hybridized carbons (Fsp3) is 0.263. The molecule has 1 heterocycles. The molecule has 0 fully saturated rings. The van der Waals surface area contributed by atoms with Crippen LogP contribution in [0.25, 0.3) is 11.1 Å². The SMILES string of the molecule is O=C(CCCn1c(=O)oc2cc([N+](=O)[O-])ccc21)NCc1ccc(F)cc1C(F)(F)F. The van der Waals surface area contributed by atoms with Gasteiger partial charge >= 0.3 is 11.9 Å². The summed E-state index contributed by atoms with van der Waals surface area (Å²) >= 11 is 0. The minimum Gasteiger partial charge on any atom is -0.407 e. The number of nitro benzene ring substituents is 1. The van der Waals surface area contributed by atoms with Gasteiger partial charge in [-0.05, 0) is 30.2 Å². The third-order valence-electron chi connectivity index (χ3n) is 4.50. The van der Waals surface area contributed by atoms with Crippen LogP contribution in [-0.2, 0) is 24.1 Å². The lowest BCUT2D eigenvalue weighted by atomic mass is 10.1. The summed E-state index contributed by atoms with van der Waals surface area (Å²) in [5.41, 5.74) is -1.34. The van der Waals surface area contributed by atoms with Crippen molar-refractivity contribution in [1.29, 1.82) is 0 Å². The van der Waals surface area contributed by atoms with Crippen LogP contribution in [0.2, 0.25) is 0 Å². The summed E-state index contributed by atoms with van der Waals surface area (Å²) in [6.07, 6.45) is -4.71. The van der Waals surface area contributed by atoms with Crippen molar-refractivity contribution < 1.29 is 31.7 Å². The number of rotatable bonds is 7. The van der Waals surface area contributed by atoms with E-state index in [1.165, 1.54) is 16.7 Å². The van der Waals surface area contributed by atoms with E-state index in [-0.39, 0.29) is 36.2 Å². The maximum Gasteiger partial charge on any atom is 0.419 e. The van der Waals surface area contributed by atoms with E-state index in [0.717, 1.165) is 18.2 Å². The fourth-order valence-electron chi connectivity index (χ4n) is 3.03. The number of carbonyl (C=O) groups is 1. The average Bonchev–Trinajstić information content (AvgIpc) is 3.00. The van der Waals surface area contributed by atoms with Crippen LogP contribution >= 0.6 is 0 Å². The number of hydrogen-bond donors (Lipinski definition) is 1. The molecule has 3 rings (SSSR count). The van der Waals surface area contributed by atoms with Gasteiger partial charge in [0.25, 0.3) is 5.69 Å². The number of nitro groups is 1. The van der Waals surface area contributed by atoms with Gasteiger partial charge < -0.3 is 9.73 Å². The highest BCUT2D eigenvalue weighted by Gasteiger charge is 2.33. The Kier molecular flexibility index (Phi) is 6.09. The van der Waals surface area contributed by atoms with Crippen molar-refractivity contribution in [2.75, 3.05) is 0 Å². The van der Waals surface area contributed by atoms with Gasteiger partial charge in [-0.25, -0.2) is 9.18 Å². The second kappa shape index (κ2) is 8.58. The summed E-state index contributed by atoms with van der Waals surface area (Å²) in [5, 5.41) is 13.1. The first-order chi connectivity index (χ1) is 14.6. The number of nitrogens with one attached hydrogen (secondary N) is 1. The second-order valence-corrected chi connectivity index (χ2v) is 6.61. The summed E-state index contributed by atoms with van der Waals surface area (Å²) in [6.45, 7) is -0.381. The van der Waals surface area contributed by atoms with Crippen LogP contribution < -0.4 is 11.1 Å². The van der Waals surface area contributed by atoms with E-state index in [0.29, 0.717) is 11.6 Å². The van der Waals surface area contributed by atoms with Gasteiger partial charge in [-0.3, -0.25) is 19.5 Å². The van der Waals surface area contributed by atoms with Gasteiger partial charge in [0.1, 0.15) is 5.82 Å². The van der Waals surface area contributed by atoms with E-state index in [1.54, 1.807) is 0 Å². The zero-order chi connectivity index (χ0) is 22.8. The number of hydrogen-bond acceptors (Lipinski definition) is 5. The maximum absolute atomic E-state index is 13.1. The zero-order valence-corrected chi connectivity index (χ0v) is 15.7. The van der Waals surface area contributed by atoms with Crippen LogP contribution in [0.4, 0.5) is 23.2 Å². The monoisotopic (exact) mass is 441 g/mol. The summed E-state index contributed by atoms with van der Waals surface area (Å²) in [4.78, 5) is 34.1. The second-order valence-electron chi connectivity index (χ2n) is 6.61. The molecular weight excluding hydrogens is 426 g/mol. The first kappa shape index (κ1) is 22.0. The Morgan fingerprint density at radius 2 is 1.94 bits per heavy atom. The molecule has 8 nitrogen and oxygen atoms in total. The van der Waals surface area contributed by atoms with E-state index in [1.807, 2.05) is 0 Å². The highest BCUT2D eigenvalue weighted by Crippen LogP contribution is 2.32. The lowest BCUT2D eigenvalue weighted by molar-refractivity contribution is -0.384. The molecule has 0 atom stereocenters. The highest BCUT2D eigenvalue weighted by atomic mass is 19.4. The molecule has 0 aliphatic heterocycles. The molecule has 0 bridgehead atoms. The number of aromatic nitrogens is 1. The molecule has 31 heavy (non-hydrogen) atoms. The smallest absolute Gasteiger partial charge is 0.407 e. The van der Waals surface area contributed by atoms with Gasteiger partial charge in [0.2, 0.25) is 5.91 Å². The molecule has 164 valence electrons. The largest absolute Gasteiger partial charge is 0.419 e. The molecule has 0 saturated heterocycles. The summed E-state index contributed by atoms with van der Waals surface area (Å²) in [5.74, 6) is -2.35. The number of benzene rings is 2. The Balaban J connectivity index is 1.60. The Labute approximate surface area is 171 Å². The number of halogens is 4. The van der Waals surface area contributed by atoms with Gasteiger partial charge in [0, 0.05) is 25.6 Å². The molecule has 2 aromatic carbocycles. The molecular formula is C19H15F4N3O5. The third-order valence-corrected chi connectivity index (χ3v) is 4.50. The van der Waals surface area contributed by atoms with Crippen molar-refractivity contribution >= 4 is 22.7 Å². The van der Waals surface area contributed by atoms with Crippen LogP contribution in [0.5, 0.6) is 0 Å². The molecule has 1 N–H and O–H groups in total. The minimum atomic E-state index is -4.76. The lowest BCUT2D eigenvalue weighted by Crippen LogP contribution is -2.25. The maximum atomic E-state index is 13.1. The molecule has 0 unspecified atom stereocenters. The molecule has 0 radical (unpaired) electrons. The van der Waals surface area contributed by atoms with Crippen LogP contribution in [-0.4, -0.2) is 15.4 Å². The topological polar surface area (TPSA) is 107 Å². The lowest BCUT2D eigenvalue weighted by Gasteiger charge is -2.13. The van der Waals surface area contributed by atoms with Gasteiger partial charge in [0.05, 0.1) is 22.1 Å². The van der Waals surface area contributed by atoms with E-state index < -0.39 is 40.7 Å². The van der Waals surface area contributed by atoms with Crippen LogP contribution in [0.15, 0.2) is 45.6 Å². The van der Waals surface area contributed by atoms with E-state index in [4.69, 9.17) is 4.42 Å². The van der Waals surface area contributed by atoms with Crippen molar-refractivity contribution in [3.05, 3.63) is 74.0 Å². The van der Waals surface area contributed by atoms with Crippen LogP contribution in [0.3, 0.4) is 0 Å². The Morgan fingerprint density at radius 1 is 1.19 bits per heavy atom. The van der Waals surface area contributed by atoms with Gasteiger partial charge in [0.15, 0.2) is 5.58 Å². The number of oxazole rings is 1. The number of amides is 1. The van der Waals surface area contributed by atoms with Gasteiger partial charge in [-0.2, -0.15) is 13.2 Å². The van der Waals surface area contributed by atoms with Crippen molar-refractivity contribution in [1.82, 2.24) is 9.88 Å². The molecule has 0 saturated carbocycles. The standard InChI is InChI=1S/C19H15F4N3O5/c20-12-4-3-11(14(8-12)19(21,22)23)10-24-17(27)2-1-7-25-15-6-5-13(26(29)30)9-16(15)31-18(25)28/h3-6,8-9H,1-2,7,10H2,(H,24,27). The Hall–Kier alpha value is -3.70. The fourth-order valence-corrected chi connectivity index (χ4v) is 3.03. The summed E-state index contributed by atoms with van der Waals surface area (Å²) < 4.78 is 58.3. The first-order valence-corrected chi connectivity index (χ1v) is 8.96. The predicted molar refractivity (Wildman–Crippen MR) is 99.6 cm³/mol. The van der Waals surface area contributed by atoms with Crippen LogP contribution in [0, 0.1) is 15.9 Å². The molecule has 1 amide bonds. The first-order valence-electron chi connectivity index (χ1n) is 8.96. The van der Waals surface area contributed by atoms with Crippen molar-refractivity contribution in [3.63, 3.8) is 0 Å². The summed E-state index contributed by atoms with van der Waals surface area (Å²) in [6, 6.07) is 5.86. The molecule has 0 spiro atoms. The molecule has 1 aromatic heterocycles. The minimum absolute atomic E-state index is 0.0274. The number of carbonyl (C=O) groups excluding carboxylic acids is 1.